The Kier molecular flexibility index (Phi) is 3.66. The lowest BCUT2D eigenvalue weighted by atomic mass is 9.90. The van der Waals surface area contributed by atoms with Crippen LogP contribution in [0, 0.1) is 0 Å². The van der Waals surface area contributed by atoms with Gasteiger partial charge in [-0.1, -0.05) is 29.8 Å². The number of hydrogen-bond donors (Lipinski definition) is 0. The van der Waals surface area contributed by atoms with Crippen molar-refractivity contribution in [2.45, 2.75) is 41.2 Å². The molecule has 3 atom stereocenters. The summed E-state index contributed by atoms with van der Waals surface area (Å²) in [7, 11) is 0. The molecule has 0 bridgehead atoms. The van der Waals surface area contributed by atoms with Crippen molar-refractivity contribution >= 4 is 23.2 Å². The molecule has 1 aliphatic heterocycles. The maximum Gasteiger partial charge on any atom is 0.444 e. The molecule has 2 aliphatic rings. The van der Waals surface area contributed by atoms with Gasteiger partial charge in [-0.15, -0.1) is 18.2 Å². The average molecular weight is 353 g/mol. The van der Waals surface area contributed by atoms with Crippen LogP contribution in [0.25, 0.3) is 0 Å². The lowest BCUT2D eigenvalue weighted by Crippen LogP contribution is -2.32. The highest BCUT2D eigenvalue weighted by Crippen LogP contribution is 2.67. The van der Waals surface area contributed by atoms with Crippen LogP contribution >= 0.6 is 23.2 Å². The van der Waals surface area contributed by atoms with E-state index in [4.69, 9.17) is 27.9 Å². The van der Waals surface area contributed by atoms with Crippen LogP contribution in [0.2, 0.25) is 0 Å². The van der Waals surface area contributed by atoms with Gasteiger partial charge in [0.2, 0.25) is 0 Å². The lowest BCUT2D eigenvalue weighted by Gasteiger charge is -2.20. The molecule has 7 heteroatoms. The third kappa shape index (κ3) is 2.39. The highest BCUT2D eigenvalue weighted by atomic mass is 35.5. The highest BCUT2D eigenvalue weighted by Gasteiger charge is 2.73. The van der Waals surface area contributed by atoms with E-state index in [-0.39, 0.29) is 11.9 Å². The number of epoxide rings is 1. The van der Waals surface area contributed by atoms with Crippen molar-refractivity contribution in [3.63, 3.8) is 0 Å². The standard InChI is InChI=1S/C15H13Cl2F3O2/c1-2-11-14(22-11,13(17)7-8-13)9-3-5-10(6-4-9)21-15(19,20)12(16)18/h2-6,11-12H,1,7-8H2. The number of halogens is 5. The molecular formula is C15H13Cl2F3O2. The van der Waals surface area contributed by atoms with Crippen molar-refractivity contribution in [3.8, 4) is 5.75 Å². The minimum atomic E-state index is -4.09. The molecule has 1 saturated heterocycles. The third-order valence-electron chi connectivity index (χ3n) is 4.02. The molecule has 120 valence electrons. The van der Waals surface area contributed by atoms with Crippen LogP contribution in [0.4, 0.5) is 13.2 Å². The molecule has 3 unspecified atom stereocenters. The first kappa shape index (κ1) is 16.0. The van der Waals surface area contributed by atoms with Gasteiger partial charge in [0.25, 0.3) is 5.63 Å². The Bertz CT molecular complexity index is 587. The minimum Gasteiger partial charge on any atom is -0.429 e. The number of benzene rings is 1. The summed E-state index contributed by atoms with van der Waals surface area (Å²) in [5.41, 5.74) is -2.84. The van der Waals surface area contributed by atoms with Crippen molar-refractivity contribution < 1.29 is 22.6 Å². The van der Waals surface area contributed by atoms with E-state index in [2.05, 4.69) is 11.3 Å². The van der Waals surface area contributed by atoms with Gasteiger partial charge in [0.1, 0.15) is 17.5 Å². The van der Waals surface area contributed by atoms with Crippen LogP contribution in [0.15, 0.2) is 36.9 Å². The van der Waals surface area contributed by atoms with Gasteiger partial charge in [0, 0.05) is 0 Å². The minimum absolute atomic E-state index is 0.192. The van der Waals surface area contributed by atoms with E-state index in [9.17, 15) is 13.2 Å². The van der Waals surface area contributed by atoms with Crippen molar-refractivity contribution in [1.29, 1.82) is 0 Å². The van der Waals surface area contributed by atoms with E-state index in [1.807, 2.05) is 0 Å². The van der Waals surface area contributed by atoms with Gasteiger partial charge < -0.3 is 9.47 Å². The summed E-state index contributed by atoms with van der Waals surface area (Å²) < 4.78 is 48.8. The van der Waals surface area contributed by atoms with E-state index in [1.54, 1.807) is 18.2 Å². The maximum atomic E-state index is 13.1. The molecule has 1 aromatic rings. The highest BCUT2D eigenvalue weighted by molar-refractivity contribution is 6.27. The van der Waals surface area contributed by atoms with Gasteiger partial charge >= 0.3 is 6.11 Å². The molecule has 0 spiro atoms. The maximum absolute atomic E-state index is 13.1. The van der Waals surface area contributed by atoms with Crippen molar-refractivity contribution in [2.75, 3.05) is 0 Å². The number of hydrogen-bond acceptors (Lipinski definition) is 2. The van der Waals surface area contributed by atoms with Gasteiger partial charge in [-0.05, 0) is 30.5 Å². The van der Waals surface area contributed by atoms with E-state index in [0.717, 1.165) is 18.4 Å². The molecule has 2 nitrogen and oxygen atoms in total. The van der Waals surface area contributed by atoms with E-state index < -0.39 is 22.2 Å². The number of rotatable bonds is 6. The van der Waals surface area contributed by atoms with Crippen LogP contribution in [-0.4, -0.2) is 22.7 Å². The quantitative estimate of drug-likeness (QED) is 0.419. The van der Waals surface area contributed by atoms with Crippen molar-refractivity contribution in [1.82, 2.24) is 0 Å². The van der Waals surface area contributed by atoms with Gasteiger partial charge in [-0.3, -0.25) is 0 Å². The largest absolute Gasteiger partial charge is 0.444 e. The predicted octanol–water partition coefficient (Wildman–Crippen LogP) is 4.74. The molecule has 2 fully saturated rings. The molecule has 0 aromatic heterocycles. The number of ether oxygens (including phenoxy) is 2. The van der Waals surface area contributed by atoms with Crippen LogP contribution in [0.3, 0.4) is 0 Å². The fraction of sp³-hybridized carbons (Fsp3) is 0.467. The van der Waals surface area contributed by atoms with Crippen LogP contribution in [-0.2, 0) is 10.3 Å². The van der Waals surface area contributed by atoms with Gasteiger partial charge in [-0.25, -0.2) is 4.39 Å². The Morgan fingerprint density at radius 3 is 2.36 bits per heavy atom. The Balaban J connectivity index is 1.82. The Morgan fingerprint density at radius 2 is 1.95 bits per heavy atom. The third-order valence-corrected chi connectivity index (χ3v) is 4.93. The predicted molar refractivity (Wildman–Crippen MR) is 77.3 cm³/mol. The Morgan fingerprint density at radius 1 is 1.36 bits per heavy atom. The summed E-state index contributed by atoms with van der Waals surface area (Å²) in [5, 5.41) is 0. The second kappa shape index (κ2) is 5.05. The summed E-state index contributed by atoms with van der Waals surface area (Å²) in [6.07, 6.45) is -1.01. The molecule has 3 rings (SSSR count). The zero-order chi connectivity index (χ0) is 16.2. The zero-order valence-electron chi connectivity index (χ0n) is 11.4. The first-order valence-corrected chi connectivity index (χ1v) is 7.51. The zero-order valence-corrected chi connectivity index (χ0v) is 12.9. The summed E-state index contributed by atoms with van der Waals surface area (Å²) >= 11 is 11.3. The molecule has 0 radical (unpaired) electrons. The summed E-state index contributed by atoms with van der Waals surface area (Å²) in [4.78, 5) is -0.488. The molecule has 1 saturated carbocycles. The van der Waals surface area contributed by atoms with E-state index >= 15 is 0 Å². The normalized spacial score (nSPS) is 30.5. The fourth-order valence-corrected chi connectivity index (χ4v) is 3.09. The first-order valence-electron chi connectivity index (χ1n) is 6.70. The van der Waals surface area contributed by atoms with Crippen LogP contribution < -0.4 is 4.74 Å². The van der Waals surface area contributed by atoms with Gasteiger partial charge in [0.15, 0.2) is 0 Å². The summed E-state index contributed by atoms with van der Waals surface area (Å²) in [6, 6.07) is 5.79. The van der Waals surface area contributed by atoms with Gasteiger partial charge in [0.05, 0.1) is 4.87 Å². The molecule has 1 heterocycles. The first-order chi connectivity index (χ1) is 10.2. The van der Waals surface area contributed by atoms with E-state index in [0.29, 0.717) is 0 Å². The molecule has 0 N–H and O–H groups in total. The second-order valence-electron chi connectivity index (χ2n) is 5.46. The molecule has 1 aromatic carbocycles. The van der Waals surface area contributed by atoms with Crippen LogP contribution in [0.5, 0.6) is 5.75 Å². The Labute approximate surface area is 135 Å². The van der Waals surface area contributed by atoms with Gasteiger partial charge in [-0.2, -0.15) is 8.78 Å². The van der Waals surface area contributed by atoms with Crippen LogP contribution in [0.1, 0.15) is 18.4 Å². The monoisotopic (exact) mass is 352 g/mol. The fourth-order valence-electron chi connectivity index (χ4n) is 2.69. The topological polar surface area (TPSA) is 21.8 Å². The molecular weight excluding hydrogens is 340 g/mol. The second-order valence-corrected chi connectivity index (χ2v) is 6.57. The molecule has 0 amide bonds. The van der Waals surface area contributed by atoms with E-state index in [1.165, 1.54) is 12.1 Å². The summed E-state index contributed by atoms with van der Waals surface area (Å²) in [5.74, 6) is -0.192. The SMILES string of the molecule is C=CC1OC1(c1ccc(OC(F)(F)C(F)Cl)cc1)C1(Cl)CC1. The van der Waals surface area contributed by atoms with Crippen molar-refractivity contribution in [2.24, 2.45) is 0 Å². The molecule has 1 aliphatic carbocycles. The Hall–Kier alpha value is -0.910. The molecule has 22 heavy (non-hydrogen) atoms. The smallest absolute Gasteiger partial charge is 0.429 e. The number of alkyl halides is 5. The average Bonchev–Trinajstić information content (AvgIpc) is 3.35. The van der Waals surface area contributed by atoms with Crippen molar-refractivity contribution in [3.05, 3.63) is 42.5 Å². The summed E-state index contributed by atoms with van der Waals surface area (Å²) in [6.45, 7) is 3.71. The lowest BCUT2D eigenvalue weighted by molar-refractivity contribution is -0.199.